The van der Waals surface area contributed by atoms with Crippen molar-refractivity contribution in [1.82, 2.24) is 0 Å². The summed E-state index contributed by atoms with van der Waals surface area (Å²) in [6, 6.07) is 1.50. The lowest BCUT2D eigenvalue weighted by molar-refractivity contribution is -0.384. The lowest BCUT2D eigenvalue weighted by Crippen LogP contribution is -2.16. The zero-order valence-electron chi connectivity index (χ0n) is 11.3. The van der Waals surface area contributed by atoms with Crippen LogP contribution in [0.15, 0.2) is 12.1 Å². The molecule has 10 heteroatoms. The Morgan fingerprint density at radius 2 is 2.10 bits per heavy atom. The van der Waals surface area contributed by atoms with E-state index in [1.165, 1.54) is 0 Å². The van der Waals surface area contributed by atoms with Gasteiger partial charge in [0.25, 0.3) is 5.69 Å². The maximum Gasteiger partial charge on any atom is 0.340 e. The van der Waals surface area contributed by atoms with Gasteiger partial charge in [-0.3, -0.25) is 10.1 Å². The predicted molar refractivity (Wildman–Crippen MR) is 72.6 cm³/mol. The normalized spacial score (nSPS) is 11.0. The van der Waals surface area contributed by atoms with E-state index in [-0.39, 0.29) is 18.0 Å². The maximum absolute atomic E-state index is 13.6. The zero-order valence-corrected chi connectivity index (χ0v) is 12.1. The molecule has 0 aliphatic rings. The smallest absolute Gasteiger partial charge is 0.340 e. The number of nitrogens with one attached hydrogen (secondary N) is 1. The van der Waals surface area contributed by atoms with Gasteiger partial charge in [-0.2, -0.15) is 0 Å². The molecule has 0 saturated heterocycles. The largest absolute Gasteiger partial charge is 0.465 e. The third kappa shape index (κ3) is 4.67. The fourth-order valence-corrected chi connectivity index (χ4v) is 1.97. The Morgan fingerprint density at radius 1 is 1.48 bits per heavy atom. The fraction of sp³-hybridized carbons (Fsp3) is 0.364. The molecule has 0 bridgehead atoms. The molecule has 0 radical (unpaired) electrons. The second-order valence-electron chi connectivity index (χ2n) is 4.15. The number of carbonyl (C=O) groups is 1. The number of esters is 1. The summed E-state index contributed by atoms with van der Waals surface area (Å²) >= 11 is 0. The molecule has 0 fully saturated rings. The zero-order chi connectivity index (χ0) is 16.2. The molecule has 0 saturated carbocycles. The molecule has 0 atom stereocenters. The Labute approximate surface area is 120 Å². The predicted octanol–water partition coefficient (Wildman–Crippen LogP) is 0.977. The van der Waals surface area contributed by atoms with Crippen molar-refractivity contribution in [3.05, 3.63) is 33.6 Å². The van der Waals surface area contributed by atoms with E-state index in [0.29, 0.717) is 6.07 Å². The molecule has 1 aromatic carbocycles. The van der Waals surface area contributed by atoms with E-state index < -0.39 is 37.8 Å². The Bertz CT molecular complexity index is 674. The van der Waals surface area contributed by atoms with Crippen molar-refractivity contribution in [3.8, 4) is 0 Å². The number of rotatable bonds is 6. The highest BCUT2D eigenvalue weighted by Crippen LogP contribution is 2.28. The van der Waals surface area contributed by atoms with Crippen LogP contribution in [0.4, 0.5) is 15.8 Å². The van der Waals surface area contributed by atoms with Crippen molar-refractivity contribution >= 4 is 27.2 Å². The molecular formula is C11H13FN2O6S. The Morgan fingerprint density at radius 3 is 2.57 bits per heavy atom. The molecule has 21 heavy (non-hydrogen) atoms. The third-order valence-electron chi connectivity index (χ3n) is 2.48. The second-order valence-corrected chi connectivity index (χ2v) is 6.41. The standard InChI is InChI=1S/C11H13FN2O6S/c1-20-11(15)7-5-9(13-3-4-21(2,18)19)10(14(16)17)6-8(7)12/h5-6,13H,3-4H2,1-2H3. The van der Waals surface area contributed by atoms with Crippen LogP contribution in [0.25, 0.3) is 0 Å². The van der Waals surface area contributed by atoms with Gasteiger partial charge in [0, 0.05) is 12.8 Å². The summed E-state index contributed by atoms with van der Waals surface area (Å²) in [6.45, 7) is -0.119. The van der Waals surface area contributed by atoms with Crippen molar-refractivity contribution in [2.45, 2.75) is 0 Å². The van der Waals surface area contributed by atoms with Gasteiger partial charge in [-0.05, 0) is 6.07 Å². The highest BCUT2D eigenvalue weighted by Gasteiger charge is 2.22. The summed E-state index contributed by atoms with van der Waals surface area (Å²) in [5.74, 6) is -2.36. The van der Waals surface area contributed by atoms with Gasteiger partial charge >= 0.3 is 5.97 Å². The van der Waals surface area contributed by atoms with Gasteiger partial charge in [-0.25, -0.2) is 17.6 Å². The first kappa shape index (κ1) is 16.8. The molecule has 1 aromatic rings. The number of hydrogen-bond acceptors (Lipinski definition) is 7. The highest BCUT2D eigenvalue weighted by atomic mass is 32.2. The molecule has 0 amide bonds. The number of ether oxygens (including phenoxy) is 1. The Hall–Kier alpha value is -2.23. The molecule has 1 N–H and O–H groups in total. The molecular weight excluding hydrogens is 307 g/mol. The van der Waals surface area contributed by atoms with Gasteiger partial charge in [-0.15, -0.1) is 0 Å². The van der Waals surface area contributed by atoms with E-state index in [4.69, 9.17) is 0 Å². The van der Waals surface area contributed by atoms with E-state index >= 15 is 0 Å². The molecule has 0 unspecified atom stereocenters. The minimum Gasteiger partial charge on any atom is -0.465 e. The van der Waals surface area contributed by atoms with E-state index in [0.717, 1.165) is 19.4 Å². The van der Waals surface area contributed by atoms with Crippen LogP contribution in [0.2, 0.25) is 0 Å². The van der Waals surface area contributed by atoms with E-state index in [1.807, 2.05) is 0 Å². The molecule has 8 nitrogen and oxygen atoms in total. The van der Waals surface area contributed by atoms with Gasteiger partial charge < -0.3 is 10.1 Å². The number of nitro groups is 1. The van der Waals surface area contributed by atoms with Gasteiger partial charge in [-0.1, -0.05) is 0 Å². The summed E-state index contributed by atoms with van der Waals surface area (Å²) in [5.41, 5.74) is -1.25. The van der Waals surface area contributed by atoms with Crippen LogP contribution in [0.5, 0.6) is 0 Å². The van der Waals surface area contributed by atoms with Crippen LogP contribution in [0, 0.1) is 15.9 Å². The van der Waals surface area contributed by atoms with Crippen LogP contribution in [0.3, 0.4) is 0 Å². The summed E-state index contributed by atoms with van der Waals surface area (Å²) in [6.07, 6.45) is 1.01. The molecule has 0 heterocycles. The van der Waals surface area contributed by atoms with Crippen molar-refractivity contribution in [3.63, 3.8) is 0 Å². The van der Waals surface area contributed by atoms with Gasteiger partial charge in [0.1, 0.15) is 21.3 Å². The maximum atomic E-state index is 13.6. The van der Waals surface area contributed by atoms with Crippen molar-refractivity contribution in [2.24, 2.45) is 0 Å². The van der Waals surface area contributed by atoms with Crippen molar-refractivity contribution in [2.75, 3.05) is 31.0 Å². The van der Waals surface area contributed by atoms with Crippen LogP contribution < -0.4 is 5.32 Å². The lowest BCUT2D eigenvalue weighted by Gasteiger charge is -2.09. The average Bonchev–Trinajstić information content (AvgIpc) is 2.37. The van der Waals surface area contributed by atoms with Crippen LogP contribution >= 0.6 is 0 Å². The average molecular weight is 320 g/mol. The third-order valence-corrected chi connectivity index (χ3v) is 3.42. The number of nitro benzene ring substituents is 1. The van der Waals surface area contributed by atoms with Crippen LogP contribution in [0.1, 0.15) is 10.4 Å². The van der Waals surface area contributed by atoms with E-state index in [9.17, 15) is 27.7 Å². The quantitative estimate of drug-likeness (QED) is 0.472. The first-order valence-corrected chi connectivity index (χ1v) is 7.69. The van der Waals surface area contributed by atoms with Gasteiger partial charge in [0.2, 0.25) is 0 Å². The molecule has 0 aliphatic heterocycles. The van der Waals surface area contributed by atoms with E-state index in [1.54, 1.807) is 0 Å². The van der Waals surface area contributed by atoms with Crippen molar-refractivity contribution < 1.29 is 27.3 Å². The number of sulfone groups is 1. The van der Waals surface area contributed by atoms with Crippen LogP contribution in [-0.4, -0.2) is 45.0 Å². The number of anilines is 1. The number of methoxy groups -OCH3 is 1. The van der Waals surface area contributed by atoms with E-state index in [2.05, 4.69) is 10.1 Å². The van der Waals surface area contributed by atoms with Crippen molar-refractivity contribution in [1.29, 1.82) is 0 Å². The number of hydrogen-bond donors (Lipinski definition) is 1. The number of nitrogens with zero attached hydrogens (tertiary/aromatic N) is 1. The van der Waals surface area contributed by atoms with Crippen LogP contribution in [-0.2, 0) is 14.6 Å². The second kappa shape index (κ2) is 6.48. The molecule has 0 aromatic heterocycles. The first-order chi connectivity index (χ1) is 9.65. The Kier molecular flexibility index (Phi) is 5.19. The van der Waals surface area contributed by atoms with Gasteiger partial charge in [0.15, 0.2) is 0 Å². The minimum absolute atomic E-state index is 0.119. The lowest BCUT2D eigenvalue weighted by atomic mass is 10.1. The molecule has 0 aliphatic carbocycles. The molecule has 116 valence electrons. The van der Waals surface area contributed by atoms with Gasteiger partial charge in [0.05, 0.1) is 29.4 Å². The summed E-state index contributed by atoms with van der Waals surface area (Å²) < 4.78 is 40.0. The summed E-state index contributed by atoms with van der Waals surface area (Å²) in [4.78, 5) is 21.4. The SMILES string of the molecule is COC(=O)c1cc(NCCS(C)(=O)=O)c([N+](=O)[O-])cc1F. The monoisotopic (exact) mass is 320 g/mol. The number of benzene rings is 1. The molecule has 0 spiro atoms. The topological polar surface area (TPSA) is 116 Å². The minimum atomic E-state index is -3.26. The molecule has 1 rings (SSSR count). The summed E-state index contributed by atoms with van der Waals surface area (Å²) in [7, 11) is -2.22. The highest BCUT2D eigenvalue weighted by molar-refractivity contribution is 7.90. The number of halogens is 1. The fourth-order valence-electron chi connectivity index (χ4n) is 1.49. The number of carbonyl (C=O) groups excluding carboxylic acids is 1. The summed E-state index contributed by atoms with van der Waals surface area (Å²) in [5, 5.41) is 13.4. The first-order valence-electron chi connectivity index (χ1n) is 5.63. The Balaban J connectivity index is 3.14.